The SMILES string of the molecule is COc1cc(C)c(Cl)c(COS(C)(=O)=O)c1C. The minimum Gasteiger partial charge on any atom is -0.496 e. The summed E-state index contributed by atoms with van der Waals surface area (Å²) >= 11 is 6.13. The molecule has 6 heteroatoms. The van der Waals surface area contributed by atoms with Gasteiger partial charge in [-0.2, -0.15) is 8.42 Å². The first kappa shape index (κ1) is 14.3. The zero-order valence-electron chi connectivity index (χ0n) is 10.2. The van der Waals surface area contributed by atoms with Crippen molar-refractivity contribution in [1.82, 2.24) is 0 Å². The predicted octanol–water partition coefficient (Wildman–Crippen LogP) is 2.44. The Hall–Kier alpha value is -0.780. The van der Waals surface area contributed by atoms with Gasteiger partial charge in [0.15, 0.2) is 0 Å². The summed E-state index contributed by atoms with van der Waals surface area (Å²) in [5.41, 5.74) is 2.24. The van der Waals surface area contributed by atoms with Gasteiger partial charge < -0.3 is 4.74 Å². The van der Waals surface area contributed by atoms with Crippen molar-refractivity contribution < 1.29 is 17.3 Å². The monoisotopic (exact) mass is 278 g/mol. The molecule has 0 N–H and O–H groups in total. The van der Waals surface area contributed by atoms with Gasteiger partial charge in [0.2, 0.25) is 0 Å². The van der Waals surface area contributed by atoms with Crippen LogP contribution in [-0.4, -0.2) is 21.8 Å². The van der Waals surface area contributed by atoms with E-state index in [2.05, 4.69) is 0 Å². The van der Waals surface area contributed by atoms with E-state index in [-0.39, 0.29) is 6.61 Å². The van der Waals surface area contributed by atoms with Crippen molar-refractivity contribution in [2.45, 2.75) is 20.5 Å². The molecular weight excluding hydrogens is 264 g/mol. The lowest BCUT2D eigenvalue weighted by atomic mass is 10.0. The van der Waals surface area contributed by atoms with E-state index in [0.717, 1.165) is 17.4 Å². The fraction of sp³-hybridized carbons (Fsp3) is 0.455. The number of hydrogen-bond donors (Lipinski definition) is 0. The first-order valence-electron chi connectivity index (χ1n) is 4.93. The number of ether oxygens (including phenoxy) is 1. The van der Waals surface area contributed by atoms with Crippen LogP contribution in [0, 0.1) is 13.8 Å². The van der Waals surface area contributed by atoms with Crippen LogP contribution >= 0.6 is 11.6 Å². The second-order valence-corrected chi connectivity index (χ2v) is 5.80. The van der Waals surface area contributed by atoms with Gasteiger partial charge in [0, 0.05) is 10.6 Å². The number of benzene rings is 1. The molecule has 0 heterocycles. The summed E-state index contributed by atoms with van der Waals surface area (Å²) in [6.45, 7) is 3.56. The zero-order valence-corrected chi connectivity index (χ0v) is 11.8. The van der Waals surface area contributed by atoms with Crippen LogP contribution in [0.25, 0.3) is 0 Å². The summed E-state index contributed by atoms with van der Waals surface area (Å²) in [4.78, 5) is 0. The van der Waals surface area contributed by atoms with Crippen LogP contribution in [0.3, 0.4) is 0 Å². The Bertz CT molecular complexity index is 523. The zero-order chi connectivity index (χ0) is 13.2. The number of hydrogen-bond acceptors (Lipinski definition) is 4. The normalized spacial score (nSPS) is 11.6. The summed E-state index contributed by atoms with van der Waals surface area (Å²) in [6, 6.07) is 1.81. The van der Waals surface area contributed by atoms with E-state index in [9.17, 15) is 8.42 Å². The Morgan fingerprint density at radius 3 is 2.41 bits per heavy atom. The third kappa shape index (κ3) is 3.59. The van der Waals surface area contributed by atoms with Crippen LogP contribution < -0.4 is 4.74 Å². The molecule has 0 aliphatic rings. The van der Waals surface area contributed by atoms with E-state index < -0.39 is 10.1 Å². The molecule has 0 bridgehead atoms. The number of rotatable bonds is 4. The highest BCUT2D eigenvalue weighted by atomic mass is 35.5. The number of halogens is 1. The van der Waals surface area contributed by atoms with Gasteiger partial charge in [-0.3, -0.25) is 4.18 Å². The maximum atomic E-state index is 11.0. The van der Waals surface area contributed by atoms with E-state index in [1.54, 1.807) is 7.11 Å². The van der Waals surface area contributed by atoms with Crippen LogP contribution in [0.2, 0.25) is 5.02 Å². The Morgan fingerprint density at radius 1 is 1.35 bits per heavy atom. The van der Waals surface area contributed by atoms with Crippen molar-refractivity contribution >= 4 is 21.7 Å². The van der Waals surface area contributed by atoms with Gasteiger partial charge in [-0.1, -0.05) is 11.6 Å². The summed E-state index contributed by atoms with van der Waals surface area (Å²) in [7, 11) is -1.94. The van der Waals surface area contributed by atoms with Crippen LogP contribution in [0.15, 0.2) is 6.07 Å². The van der Waals surface area contributed by atoms with Crippen molar-refractivity contribution in [1.29, 1.82) is 0 Å². The van der Waals surface area contributed by atoms with Crippen LogP contribution in [0.4, 0.5) is 0 Å². The lowest BCUT2D eigenvalue weighted by Crippen LogP contribution is -2.05. The van der Waals surface area contributed by atoms with Gasteiger partial charge in [-0.15, -0.1) is 0 Å². The molecule has 0 spiro atoms. The fourth-order valence-corrected chi connectivity index (χ4v) is 2.05. The molecule has 0 radical (unpaired) electrons. The third-order valence-corrected chi connectivity index (χ3v) is 3.49. The third-order valence-electron chi connectivity index (χ3n) is 2.42. The van der Waals surface area contributed by atoms with Crippen molar-refractivity contribution in [2.24, 2.45) is 0 Å². The molecule has 1 rings (SSSR count). The molecule has 0 aliphatic carbocycles. The smallest absolute Gasteiger partial charge is 0.264 e. The van der Waals surface area contributed by atoms with Crippen molar-refractivity contribution in [3.63, 3.8) is 0 Å². The molecule has 4 nitrogen and oxygen atoms in total. The molecule has 0 saturated carbocycles. The highest BCUT2D eigenvalue weighted by Gasteiger charge is 2.14. The van der Waals surface area contributed by atoms with Crippen molar-refractivity contribution in [3.05, 3.63) is 27.8 Å². The first-order chi connectivity index (χ1) is 7.76. The summed E-state index contributed by atoms with van der Waals surface area (Å²) in [6.07, 6.45) is 1.00. The van der Waals surface area contributed by atoms with Gasteiger partial charge in [-0.25, -0.2) is 0 Å². The summed E-state index contributed by atoms with van der Waals surface area (Å²) < 4.78 is 31.9. The van der Waals surface area contributed by atoms with Crippen molar-refractivity contribution in [3.8, 4) is 5.75 Å². The molecule has 0 saturated heterocycles. The molecule has 1 aromatic rings. The molecule has 0 aliphatic heterocycles. The Labute approximate surface area is 107 Å². The maximum Gasteiger partial charge on any atom is 0.264 e. The number of methoxy groups -OCH3 is 1. The van der Waals surface area contributed by atoms with Gasteiger partial charge >= 0.3 is 0 Å². The Balaban J connectivity index is 3.18. The minimum atomic E-state index is -3.49. The Morgan fingerprint density at radius 2 is 1.94 bits per heavy atom. The second-order valence-electron chi connectivity index (χ2n) is 3.78. The summed E-state index contributed by atoms with van der Waals surface area (Å²) in [5, 5.41) is 0.506. The molecule has 0 aromatic heterocycles. The largest absolute Gasteiger partial charge is 0.496 e. The molecule has 0 atom stereocenters. The topological polar surface area (TPSA) is 52.6 Å². The number of aryl methyl sites for hydroxylation is 1. The standard InChI is InChI=1S/C11H15ClO4S/c1-7-5-10(15-3)8(2)9(11(7)12)6-16-17(4,13)14/h5H,6H2,1-4H3. The fourth-order valence-electron chi connectivity index (χ4n) is 1.47. The van der Waals surface area contributed by atoms with Crippen LogP contribution in [0.1, 0.15) is 16.7 Å². The van der Waals surface area contributed by atoms with Gasteiger partial charge in [0.05, 0.1) is 20.0 Å². The van der Waals surface area contributed by atoms with Gasteiger partial charge in [0.1, 0.15) is 5.75 Å². The highest BCUT2D eigenvalue weighted by molar-refractivity contribution is 7.85. The van der Waals surface area contributed by atoms with Gasteiger partial charge in [0.25, 0.3) is 10.1 Å². The van der Waals surface area contributed by atoms with Crippen LogP contribution in [0.5, 0.6) is 5.75 Å². The van der Waals surface area contributed by atoms with Crippen molar-refractivity contribution in [2.75, 3.05) is 13.4 Å². The second kappa shape index (κ2) is 5.25. The molecular formula is C11H15ClO4S. The van der Waals surface area contributed by atoms with E-state index in [4.69, 9.17) is 20.5 Å². The van der Waals surface area contributed by atoms with E-state index in [1.165, 1.54) is 0 Å². The Kier molecular flexibility index (Phi) is 4.41. The molecule has 0 amide bonds. The quantitative estimate of drug-likeness (QED) is 0.794. The lowest BCUT2D eigenvalue weighted by Gasteiger charge is -2.14. The van der Waals surface area contributed by atoms with E-state index >= 15 is 0 Å². The molecule has 0 fully saturated rings. The van der Waals surface area contributed by atoms with Gasteiger partial charge in [-0.05, 0) is 31.0 Å². The van der Waals surface area contributed by atoms with Crippen LogP contribution in [-0.2, 0) is 20.9 Å². The highest BCUT2D eigenvalue weighted by Crippen LogP contribution is 2.32. The maximum absolute atomic E-state index is 11.0. The minimum absolute atomic E-state index is 0.0818. The predicted molar refractivity (Wildman–Crippen MR) is 67.1 cm³/mol. The molecule has 17 heavy (non-hydrogen) atoms. The molecule has 0 unspecified atom stereocenters. The van der Waals surface area contributed by atoms with E-state index in [1.807, 2.05) is 19.9 Å². The summed E-state index contributed by atoms with van der Waals surface area (Å²) in [5.74, 6) is 0.666. The van der Waals surface area contributed by atoms with E-state index in [0.29, 0.717) is 16.3 Å². The average molecular weight is 279 g/mol. The molecule has 1 aromatic carbocycles. The molecule has 96 valence electrons. The average Bonchev–Trinajstić information content (AvgIpc) is 2.22. The lowest BCUT2D eigenvalue weighted by molar-refractivity contribution is 0.309. The first-order valence-corrected chi connectivity index (χ1v) is 7.12.